The van der Waals surface area contributed by atoms with Gasteiger partial charge in [-0.2, -0.15) is 0 Å². The molecule has 0 bridgehead atoms. The number of halogens is 1. The van der Waals surface area contributed by atoms with Gasteiger partial charge in [0.15, 0.2) is 17.3 Å². The number of carboxylic acids is 1. The number of aliphatic carboxylic acids is 1. The normalized spacial score (nSPS) is 23.8. The molecule has 1 fully saturated rings. The van der Waals surface area contributed by atoms with Crippen LogP contribution in [-0.4, -0.2) is 23.7 Å². The van der Waals surface area contributed by atoms with E-state index in [1.807, 2.05) is 0 Å². The highest BCUT2D eigenvalue weighted by molar-refractivity contribution is 6.32. The predicted molar refractivity (Wildman–Crippen MR) is 61.1 cm³/mol. The molecule has 0 spiro atoms. The quantitative estimate of drug-likeness (QED) is 0.849. The molecule has 1 aromatic rings. The second kappa shape index (κ2) is 3.88. The number of fused-ring (bicyclic) bond motifs is 1. The monoisotopic (exact) mass is 268 g/mol. The fourth-order valence-electron chi connectivity index (χ4n) is 2.08. The fourth-order valence-corrected chi connectivity index (χ4v) is 2.35. The highest BCUT2D eigenvalue weighted by Gasteiger charge is 2.48. The van der Waals surface area contributed by atoms with Crippen LogP contribution in [0.15, 0.2) is 12.1 Å². The Balaban J connectivity index is 1.88. The maximum atomic E-state index is 12.1. The largest absolute Gasteiger partial charge is 0.481 e. The molecular formula is C12H9ClO5. The molecule has 1 saturated carbocycles. The van der Waals surface area contributed by atoms with Crippen LogP contribution in [0.1, 0.15) is 16.8 Å². The number of carboxylic acid groups (broad SMARTS) is 1. The number of carbonyl (C=O) groups is 2. The van der Waals surface area contributed by atoms with Crippen molar-refractivity contribution in [3.63, 3.8) is 0 Å². The summed E-state index contributed by atoms with van der Waals surface area (Å²) in [6.45, 7) is 0.0773. The third-order valence-electron chi connectivity index (χ3n) is 3.16. The van der Waals surface area contributed by atoms with Gasteiger partial charge < -0.3 is 14.6 Å². The Labute approximate surface area is 107 Å². The zero-order valence-corrected chi connectivity index (χ0v) is 9.94. The van der Waals surface area contributed by atoms with Crippen LogP contribution in [0.2, 0.25) is 5.02 Å². The molecule has 0 radical (unpaired) electrons. The molecule has 0 amide bonds. The van der Waals surface area contributed by atoms with Gasteiger partial charge in [-0.3, -0.25) is 9.59 Å². The zero-order chi connectivity index (χ0) is 12.9. The van der Waals surface area contributed by atoms with Crippen LogP contribution < -0.4 is 9.47 Å². The molecule has 0 aromatic heterocycles. The average Bonchev–Trinajstić information content (AvgIpc) is 2.99. The predicted octanol–water partition coefficient (Wildman–Crippen LogP) is 1.97. The van der Waals surface area contributed by atoms with E-state index >= 15 is 0 Å². The summed E-state index contributed by atoms with van der Waals surface area (Å²) >= 11 is 5.97. The van der Waals surface area contributed by atoms with Crippen LogP contribution in [-0.2, 0) is 4.79 Å². The van der Waals surface area contributed by atoms with Gasteiger partial charge in [0.2, 0.25) is 6.79 Å². The number of carbonyl (C=O) groups excluding carboxylic acids is 1. The van der Waals surface area contributed by atoms with Crippen LogP contribution in [0.3, 0.4) is 0 Å². The Morgan fingerprint density at radius 1 is 1.28 bits per heavy atom. The standard InChI is InChI=1S/C12H9ClO5/c13-8-1-5(2-9-11(8)18-4-17-9)10(14)6-3-7(6)12(15)16/h1-2,6-7H,3-4H2,(H,15,16). The van der Waals surface area contributed by atoms with E-state index in [4.69, 9.17) is 26.2 Å². The summed E-state index contributed by atoms with van der Waals surface area (Å²) in [5, 5.41) is 9.11. The zero-order valence-electron chi connectivity index (χ0n) is 9.18. The van der Waals surface area contributed by atoms with Crippen LogP contribution in [0.5, 0.6) is 11.5 Å². The van der Waals surface area contributed by atoms with E-state index < -0.39 is 17.8 Å². The van der Waals surface area contributed by atoms with Gasteiger partial charge >= 0.3 is 5.97 Å². The number of hydrogen-bond donors (Lipinski definition) is 1. The molecule has 1 aliphatic heterocycles. The Morgan fingerprint density at radius 2 is 2.06 bits per heavy atom. The molecule has 5 nitrogen and oxygen atoms in total. The topological polar surface area (TPSA) is 72.8 Å². The van der Waals surface area contributed by atoms with E-state index in [0.717, 1.165) is 0 Å². The lowest BCUT2D eigenvalue weighted by Gasteiger charge is -2.03. The summed E-state index contributed by atoms with van der Waals surface area (Å²) in [5.41, 5.74) is 0.373. The summed E-state index contributed by atoms with van der Waals surface area (Å²) < 4.78 is 10.3. The number of rotatable bonds is 3. The third-order valence-corrected chi connectivity index (χ3v) is 3.44. The van der Waals surface area contributed by atoms with E-state index in [2.05, 4.69) is 0 Å². The fraction of sp³-hybridized carbons (Fsp3) is 0.333. The van der Waals surface area contributed by atoms with Crippen molar-refractivity contribution in [2.45, 2.75) is 6.42 Å². The van der Waals surface area contributed by atoms with Gasteiger partial charge in [-0.1, -0.05) is 11.6 Å². The minimum atomic E-state index is -0.930. The van der Waals surface area contributed by atoms with Crippen LogP contribution >= 0.6 is 11.6 Å². The molecule has 3 rings (SSSR count). The molecule has 0 saturated heterocycles. The smallest absolute Gasteiger partial charge is 0.307 e. The molecule has 2 aliphatic rings. The summed E-state index contributed by atoms with van der Waals surface area (Å²) in [6, 6.07) is 3.04. The maximum Gasteiger partial charge on any atom is 0.307 e. The Morgan fingerprint density at radius 3 is 2.72 bits per heavy atom. The molecular weight excluding hydrogens is 260 g/mol. The Kier molecular flexibility index (Phi) is 2.45. The summed E-state index contributed by atoms with van der Waals surface area (Å²) in [6.07, 6.45) is 0.389. The lowest BCUT2D eigenvalue weighted by molar-refractivity contribution is -0.138. The van der Waals surface area contributed by atoms with E-state index in [1.165, 1.54) is 6.07 Å². The van der Waals surface area contributed by atoms with Crippen molar-refractivity contribution in [3.05, 3.63) is 22.7 Å². The van der Waals surface area contributed by atoms with Crippen molar-refractivity contribution >= 4 is 23.4 Å². The molecule has 6 heteroatoms. The lowest BCUT2D eigenvalue weighted by atomic mass is 10.1. The van der Waals surface area contributed by atoms with Gasteiger partial charge in [0, 0.05) is 11.5 Å². The van der Waals surface area contributed by atoms with Crippen molar-refractivity contribution in [2.75, 3.05) is 6.79 Å². The van der Waals surface area contributed by atoms with Crippen molar-refractivity contribution in [3.8, 4) is 11.5 Å². The highest BCUT2D eigenvalue weighted by Crippen LogP contribution is 2.44. The van der Waals surface area contributed by atoms with E-state index in [9.17, 15) is 9.59 Å². The van der Waals surface area contributed by atoms with E-state index in [0.29, 0.717) is 28.5 Å². The van der Waals surface area contributed by atoms with Crippen molar-refractivity contribution in [2.24, 2.45) is 11.8 Å². The van der Waals surface area contributed by atoms with Crippen LogP contribution in [0.4, 0.5) is 0 Å². The van der Waals surface area contributed by atoms with Gasteiger partial charge in [0.1, 0.15) is 0 Å². The number of ether oxygens (including phenoxy) is 2. The molecule has 94 valence electrons. The first kappa shape index (κ1) is 11.3. The molecule has 1 heterocycles. The summed E-state index contributed by atoms with van der Waals surface area (Å²) in [5.74, 6) is -1.29. The molecule has 1 N–H and O–H groups in total. The molecule has 2 unspecified atom stereocenters. The van der Waals surface area contributed by atoms with Gasteiger partial charge in [0.25, 0.3) is 0 Å². The van der Waals surface area contributed by atoms with Gasteiger partial charge in [-0.25, -0.2) is 0 Å². The number of Topliss-reactive ketones (excluding diaryl/α,β-unsaturated/α-hetero) is 1. The minimum Gasteiger partial charge on any atom is -0.481 e. The molecule has 2 atom stereocenters. The van der Waals surface area contributed by atoms with Gasteiger partial charge in [-0.15, -0.1) is 0 Å². The Hall–Kier alpha value is -1.75. The highest BCUT2D eigenvalue weighted by atomic mass is 35.5. The average molecular weight is 269 g/mol. The number of hydrogen-bond acceptors (Lipinski definition) is 4. The van der Waals surface area contributed by atoms with Crippen LogP contribution in [0.25, 0.3) is 0 Å². The maximum absolute atomic E-state index is 12.1. The molecule has 18 heavy (non-hydrogen) atoms. The molecule has 1 aliphatic carbocycles. The first-order valence-electron chi connectivity index (χ1n) is 5.44. The molecule has 1 aromatic carbocycles. The number of ketones is 1. The lowest BCUT2D eigenvalue weighted by Crippen LogP contribution is -2.08. The summed E-state index contributed by atoms with van der Waals surface area (Å²) in [4.78, 5) is 22.8. The van der Waals surface area contributed by atoms with Crippen LogP contribution in [0, 0.1) is 11.8 Å². The number of benzene rings is 1. The van der Waals surface area contributed by atoms with Crippen molar-refractivity contribution < 1.29 is 24.2 Å². The third kappa shape index (κ3) is 1.71. The van der Waals surface area contributed by atoms with E-state index in [-0.39, 0.29) is 12.6 Å². The first-order chi connectivity index (χ1) is 8.58. The van der Waals surface area contributed by atoms with E-state index in [1.54, 1.807) is 6.07 Å². The minimum absolute atomic E-state index is 0.0773. The second-order valence-electron chi connectivity index (χ2n) is 4.34. The van der Waals surface area contributed by atoms with Crippen molar-refractivity contribution in [1.29, 1.82) is 0 Å². The van der Waals surface area contributed by atoms with Gasteiger partial charge in [-0.05, 0) is 18.6 Å². The van der Waals surface area contributed by atoms with Gasteiger partial charge in [0.05, 0.1) is 10.9 Å². The summed E-state index contributed by atoms with van der Waals surface area (Å²) in [7, 11) is 0. The SMILES string of the molecule is O=C(O)C1CC1C(=O)c1cc(Cl)c2c(c1)OCO2. The second-order valence-corrected chi connectivity index (χ2v) is 4.75. The first-order valence-corrected chi connectivity index (χ1v) is 5.82. The van der Waals surface area contributed by atoms with Crippen molar-refractivity contribution in [1.82, 2.24) is 0 Å². The Bertz CT molecular complexity index is 554.